The zero-order valence-electron chi connectivity index (χ0n) is 13.2. The van der Waals surface area contributed by atoms with Gasteiger partial charge in [-0.2, -0.15) is 0 Å². The van der Waals surface area contributed by atoms with E-state index in [-0.39, 0.29) is 11.2 Å². The lowest BCUT2D eigenvalue weighted by Crippen LogP contribution is -2.46. The average Bonchev–Trinajstić information content (AvgIpc) is 2.96. The van der Waals surface area contributed by atoms with Crippen LogP contribution in [0.15, 0.2) is 29.4 Å². The number of aromatic nitrogens is 2. The first-order valence-electron chi connectivity index (χ1n) is 8.11. The number of nitrogens with one attached hydrogen (secondary N) is 1. The topological polar surface area (TPSA) is 49.0 Å². The normalized spacial score (nSPS) is 20.3. The van der Waals surface area contributed by atoms with Crippen LogP contribution in [0, 0.1) is 0 Å². The van der Waals surface area contributed by atoms with Crippen LogP contribution in [0.25, 0.3) is 11.0 Å². The molecule has 1 saturated heterocycles. The Hall–Kier alpha value is -1.49. The molecule has 1 amide bonds. The number of carbonyl (C=O) groups is 1. The van der Waals surface area contributed by atoms with Gasteiger partial charge in [0.05, 0.1) is 16.3 Å². The fourth-order valence-electron chi connectivity index (χ4n) is 3.15. The lowest BCUT2D eigenvalue weighted by Gasteiger charge is -2.36. The molecule has 22 heavy (non-hydrogen) atoms. The van der Waals surface area contributed by atoms with E-state index in [2.05, 4.69) is 21.8 Å². The highest BCUT2D eigenvalue weighted by Gasteiger charge is 2.29. The van der Waals surface area contributed by atoms with Crippen LogP contribution in [0.2, 0.25) is 0 Å². The highest BCUT2D eigenvalue weighted by molar-refractivity contribution is 8.00. The quantitative estimate of drug-likeness (QED) is 0.872. The average molecular weight is 317 g/mol. The molecule has 1 N–H and O–H groups in total. The number of H-pyrrole nitrogens is 1. The van der Waals surface area contributed by atoms with Crippen molar-refractivity contribution >= 4 is 28.7 Å². The van der Waals surface area contributed by atoms with Gasteiger partial charge in [-0.15, -0.1) is 0 Å². The van der Waals surface area contributed by atoms with Crippen LogP contribution in [0.5, 0.6) is 0 Å². The molecule has 0 spiro atoms. The van der Waals surface area contributed by atoms with Gasteiger partial charge in [-0.25, -0.2) is 4.98 Å². The van der Waals surface area contributed by atoms with Crippen LogP contribution in [0.4, 0.5) is 0 Å². The Morgan fingerprint density at radius 3 is 3.05 bits per heavy atom. The number of carbonyl (C=O) groups excluding carboxylic acids is 1. The smallest absolute Gasteiger partial charge is 0.236 e. The summed E-state index contributed by atoms with van der Waals surface area (Å²) < 4.78 is 0. The Labute approximate surface area is 135 Å². The van der Waals surface area contributed by atoms with E-state index in [0.717, 1.165) is 42.0 Å². The SMILES string of the molecule is CCC1CCCCN1C(=O)C(C)Sc1nc2ccccc2[nH]1. The van der Waals surface area contributed by atoms with Gasteiger partial charge in [-0.05, 0) is 44.7 Å². The van der Waals surface area contributed by atoms with Crippen LogP contribution in [0.3, 0.4) is 0 Å². The molecular formula is C17H23N3OS. The summed E-state index contributed by atoms with van der Waals surface area (Å²) in [5.74, 6) is 0.247. The minimum atomic E-state index is -0.104. The molecule has 0 saturated carbocycles. The molecular weight excluding hydrogens is 294 g/mol. The van der Waals surface area contributed by atoms with Gasteiger partial charge in [0, 0.05) is 12.6 Å². The van der Waals surface area contributed by atoms with E-state index in [0.29, 0.717) is 6.04 Å². The van der Waals surface area contributed by atoms with Gasteiger partial charge < -0.3 is 9.88 Å². The lowest BCUT2D eigenvalue weighted by atomic mass is 10.00. The van der Waals surface area contributed by atoms with Crippen molar-refractivity contribution in [1.29, 1.82) is 0 Å². The molecule has 2 unspecified atom stereocenters. The maximum atomic E-state index is 12.8. The number of amides is 1. The summed E-state index contributed by atoms with van der Waals surface area (Å²) in [5, 5.41) is 0.722. The van der Waals surface area contributed by atoms with Gasteiger partial charge in [-0.1, -0.05) is 30.8 Å². The second kappa shape index (κ2) is 6.73. The molecule has 1 fully saturated rings. The Balaban J connectivity index is 1.70. The van der Waals surface area contributed by atoms with Crippen LogP contribution < -0.4 is 0 Å². The molecule has 1 aliphatic heterocycles. The summed E-state index contributed by atoms with van der Waals surface area (Å²) in [6, 6.07) is 8.38. The molecule has 1 aromatic carbocycles. The van der Waals surface area contributed by atoms with Gasteiger partial charge in [0.15, 0.2) is 5.16 Å². The third-order valence-corrected chi connectivity index (χ3v) is 5.36. The highest BCUT2D eigenvalue weighted by Crippen LogP contribution is 2.27. The van der Waals surface area contributed by atoms with Gasteiger partial charge in [0.2, 0.25) is 5.91 Å². The van der Waals surface area contributed by atoms with Crippen molar-refractivity contribution in [2.24, 2.45) is 0 Å². The molecule has 0 radical (unpaired) electrons. The van der Waals surface area contributed by atoms with E-state index in [1.54, 1.807) is 0 Å². The minimum absolute atomic E-state index is 0.104. The molecule has 2 atom stereocenters. The van der Waals surface area contributed by atoms with Gasteiger partial charge in [-0.3, -0.25) is 4.79 Å². The number of piperidine rings is 1. The largest absolute Gasteiger partial charge is 0.339 e. The number of thioether (sulfide) groups is 1. The van der Waals surface area contributed by atoms with Crippen LogP contribution in [-0.4, -0.2) is 38.6 Å². The number of rotatable bonds is 4. The monoisotopic (exact) mass is 317 g/mol. The lowest BCUT2D eigenvalue weighted by molar-refractivity contribution is -0.134. The number of hydrogen-bond donors (Lipinski definition) is 1. The van der Waals surface area contributed by atoms with Crippen molar-refractivity contribution in [2.45, 2.75) is 56.0 Å². The van der Waals surface area contributed by atoms with E-state index < -0.39 is 0 Å². The summed E-state index contributed by atoms with van der Waals surface area (Å²) in [6.45, 7) is 5.07. The zero-order chi connectivity index (χ0) is 15.5. The molecule has 4 nitrogen and oxygen atoms in total. The third kappa shape index (κ3) is 3.14. The van der Waals surface area contributed by atoms with Crippen molar-refractivity contribution in [3.63, 3.8) is 0 Å². The molecule has 0 aliphatic carbocycles. The van der Waals surface area contributed by atoms with Crippen molar-refractivity contribution in [2.75, 3.05) is 6.54 Å². The van der Waals surface area contributed by atoms with Gasteiger partial charge in [0.1, 0.15) is 0 Å². The molecule has 3 rings (SSSR count). The van der Waals surface area contributed by atoms with Crippen molar-refractivity contribution < 1.29 is 4.79 Å². The number of hydrogen-bond acceptors (Lipinski definition) is 3. The second-order valence-electron chi connectivity index (χ2n) is 5.91. The first-order chi connectivity index (χ1) is 10.7. The Kier molecular flexibility index (Phi) is 4.71. The number of aromatic amines is 1. The Bertz CT molecular complexity index is 621. The number of likely N-dealkylation sites (tertiary alicyclic amines) is 1. The minimum Gasteiger partial charge on any atom is -0.339 e. The van der Waals surface area contributed by atoms with Gasteiger partial charge in [0.25, 0.3) is 0 Å². The maximum Gasteiger partial charge on any atom is 0.236 e. The van der Waals surface area contributed by atoms with E-state index in [1.165, 1.54) is 18.2 Å². The standard InChI is InChI=1S/C17H23N3OS/c1-3-13-8-6-7-11-20(13)16(21)12(2)22-17-18-14-9-4-5-10-15(14)19-17/h4-5,9-10,12-13H,3,6-8,11H2,1-2H3,(H,18,19). The number of nitrogens with zero attached hydrogens (tertiary/aromatic N) is 2. The van der Waals surface area contributed by atoms with E-state index in [4.69, 9.17) is 0 Å². The molecule has 1 aromatic heterocycles. The fourth-order valence-corrected chi connectivity index (χ4v) is 4.04. The maximum absolute atomic E-state index is 12.8. The van der Waals surface area contributed by atoms with Crippen LogP contribution >= 0.6 is 11.8 Å². The molecule has 0 bridgehead atoms. The number of imidazole rings is 1. The van der Waals surface area contributed by atoms with E-state index in [9.17, 15) is 4.79 Å². The zero-order valence-corrected chi connectivity index (χ0v) is 14.0. The first-order valence-corrected chi connectivity index (χ1v) is 8.99. The predicted molar refractivity (Wildman–Crippen MR) is 91.1 cm³/mol. The highest BCUT2D eigenvalue weighted by atomic mass is 32.2. The molecule has 2 heterocycles. The van der Waals surface area contributed by atoms with E-state index >= 15 is 0 Å². The Morgan fingerprint density at radius 1 is 1.45 bits per heavy atom. The van der Waals surface area contributed by atoms with Crippen molar-refractivity contribution in [3.8, 4) is 0 Å². The number of para-hydroxylation sites is 2. The summed E-state index contributed by atoms with van der Waals surface area (Å²) in [6.07, 6.45) is 4.57. The van der Waals surface area contributed by atoms with E-state index in [1.807, 2.05) is 31.2 Å². The van der Waals surface area contributed by atoms with Crippen molar-refractivity contribution in [3.05, 3.63) is 24.3 Å². The predicted octanol–water partition coefficient (Wildman–Crippen LogP) is 3.83. The third-order valence-electron chi connectivity index (χ3n) is 4.39. The number of benzene rings is 1. The second-order valence-corrected chi connectivity index (χ2v) is 7.24. The molecule has 2 aromatic rings. The summed E-state index contributed by atoms with van der Waals surface area (Å²) in [5.41, 5.74) is 1.98. The fraction of sp³-hybridized carbons (Fsp3) is 0.529. The summed E-state index contributed by atoms with van der Waals surface area (Å²) >= 11 is 1.53. The van der Waals surface area contributed by atoms with Crippen LogP contribution in [-0.2, 0) is 4.79 Å². The molecule has 5 heteroatoms. The van der Waals surface area contributed by atoms with Crippen LogP contribution in [0.1, 0.15) is 39.5 Å². The summed E-state index contributed by atoms with van der Waals surface area (Å²) in [4.78, 5) is 22.7. The van der Waals surface area contributed by atoms with Crippen molar-refractivity contribution in [1.82, 2.24) is 14.9 Å². The first kappa shape index (κ1) is 15.4. The Morgan fingerprint density at radius 2 is 2.27 bits per heavy atom. The number of fused-ring (bicyclic) bond motifs is 1. The molecule has 1 aliphatic rings. The summed E-state index contributed by atoms with van der Waals surface area (Å²) in [7, 11) is 0. The van der Waals surface area contributed by atoms with Gasteiger partial charge >= 0.3 is 0 Å². The molecule has 118 valence electrons.